The summed E-state index contributed by atoms with van der Waals surface area (Å²) in [6.45, 7) is 7.01. The van der Waals surface area contributed by atoms with Crippen molar-refractivity contribution in [2.75, 3.05) is 13.1 Å². The molecule has 0 rings (SSSR count). The molecular weight excluding hydrogens is 180 g/mol. The average molecular weight is 202 g/mol. The minimum absolute atomic E-state index is 0.362. The number of rotatable bonds is 7. The number of hydrogen-bond donors (Lipinski definition) is 3. The van der Waals surface area contributed by atoms with Crippen LogP contribution in [0.1, 0.15) is 33.6 Å². The van der Waals surface area contributed by atoms with Crippen LogP contribution in [0.5, 0.6) is 0 Å². The highest BCUT2D eigenvalue weighted by Crippen LogP contribution is 2.16. The van der Waals surface area contributed by atoms with Crippen LogP contribution in [0.15, 0.2) is 0 Å². The molecule has 0 heterocycles. The van der Waals surface area contributed by atoms with E-state index in [0.29, 0.717) is 25.4 Å². The van der Waals surface area contributed by atoms with Crippen LogP contribution < -0.4 is 11.1 Å². The third-order valence-corrected chi connectivity index (χ3v) is 2.18. The summed E-state index contributed by atoms with van der Waals surface area (Å²) < 4.78 is 0. The summed E-state index contributed by atoms with van der Waals surface area (Å²) in [5.74, 6) is -0.426. The molecule has 0 aliphatic rings. The normalized spacial score (nSPS) is 15.5. The fraction of sp³-hybridized carbons (Fsp3) is 0.900. The molecule has 1 unspecified atom stereocenters. The first kappa shape index (κ1) is 13.4. The largest absolute Gasteiger partial charge is 0.480 e. The summed E-state index contributed by atoms with van der Waals surface area (Å²) in [5.41, 5.74) is 4.53. The number of carboxylic acids is 1. The van der Waals surface area contributed by atoms with Gasteiger partial charge in [-0.1, -0.05) is 13.8 Å². The zero-order valence-corrected chi connectivity index (χ0v) is 9.34. The van der Waals surface area contributed by atoms with Gasteiger partial charge in [0.05, 0.1) is 0 Å². The van der Waals surface area contributed by atoms with Gasteiger partial charge in [0.2, 0.25) is 0 Å². The quantitative estimate of drug-likeness (QED) is 0.534. The molecule has 84 valence electrons. The Balaban J connectivity index is 4.17. The number of nitrogens with two attached hydrogens (primary N) is 1. The van der Waals surface area contributed by atoms with Crippen LogP contribution in [-0.4, -0.2) is 29.7 Å². The van der Waals surface area contributed by atoms with E-state index in [9.17, 15) is 4.79 Å². The van der Waals surface area contributed by atoms with Gasteiger partial charge in [0.25, 0.3) is 0 Å². The molecule has 0 spiro atoms. The first-order valence-electron chi connectivity index (χ1n) is 5.11. The lowest BCUT2D eigenvalue weighted by molar-refractivity contribution is -0.144. The van der Waals surface area contributed by atoms with Gasteiger partial charge in [-0.25, -0.2) is 0 Å². The molecule has 0 aromatic heterocycles. The highest BCUT2D eigenvalue weighted by Gasteiger charge is 2.32. The van der Waals surface area contributed by atoms with Gasteiger partial charge in [-0.2, -0.15) is 0 Å². The van der Waals surface area contributed by atoms with Crippen molar-refractivity contribution in [1.29, 1.82) is 0 Å². The Morgan fingerprint density at radius 1 is 1.57 bits per heavy atom. The predicted octanol–water partition coefficient (Wildman–Crippen LogP) is 0.814. The zero-order valence-electron chi connectivity index (χ0n) is 9.34. The van der Waals surface area contributed by atoms with Crippen LogP contribution >= 0.6 is 0 Å². The summed E-state index contributed by atoms with van der Waals surface area (Å²) in [4.78, 5) is 11.1. The van der Waals surface area contributed by atoms with Gasteiger partial charge in [-0.3, -0.25) is 4.79 Å². The topological polar surface area (TPSA) is 75.3 Å². The van der Waals surface area contributed by atoms with E-state index in [4.69, 9.17) is 10.8 Å². The highest BCUT2D eigenvalue weighted by molar-refractivity contribution is 5.78. The Morgan fingerprint density at radius 2 is 2.14 bits per heavy atom. The Bertz CT molecular complexity index is 183. The van der Waals surface area contributed by atoms with Crippen LogP contribution in [0.25, 0.3) is 0 Å². The van der Waals surface area contributed by atoms with Gasteiger partial charge in [-0.05, 0) is 38.8 Å². The summed E-state index contributed by atoms with van der Waals surface area (Å²) in [5, 5.41) is 12.1. The molecule has 4 N–H and O–H groups in total. The Kier molecular flexibility index (Phi) is 5.72. The number of carboxylic acid groups (broad SMARTS) is 1. The van der Waals surface area contributed by atoms with Gasteiger partial charge in [0.1, 0.15) is 5.54 Å². The van der Waals surface area contributed by atoms with Crippen molar-refractivity contribution in [2.24, 2.45) is 11.7 Å². The van der Waals surface area contributed by atoms with E-state index in [1.807, 2.05) is 13.8 Å². The summed E-state index contributed by atoms with van der Waals surface area (Å²) >= 11 is 0. The van der Waals surface area contributed by atoms with Gasteiger partial charge < -0.3 is 16.2 Å². The smallest absolute Gasteiger partial charge is 0.323 e. The monoisotopic (exact) mass is 202 g/mol. The first-order chi connectivity index (χ1) is 6.42. The Hall–Kier alpha value is -0.610. The number of carbonyl (C=O) groups is 1. The molecule has 1 atom stereocenters. The molecule has 0 aliphatic heterocycles. The van der Waals surface area contributed by atoms with Crippen molar-refractivity contribution in [1.82, 2.24) is 5.32 Å². The molecule has 0 fully saturated rings. The highest BCUT2D eigenvalue weighted by atomic mass is 16.4. The van der Waals surface area contributed by atoms with E-state index < -0.39 is 11.5 Å². The van der Waals surface area contributed by atoms with Crippen LogP contribution in [0.2, 0.25) is 0 Å². The second-order valence-electron chi connectivity index (χ2n) is 4.30. The van der Waals surface area contributed by atoms with Crippen molar-refractivity contribution >= 4 is 5.97 Å². The molecule has 4 nitrogen and oxygen atoms in total. The second kappa shape index (κ2) is 5.98. The molecule has 0 aliphatic carbocycles. The SMILES string of the molecule is CC(C)CC(C)(NCCCN)C(=O)O. The molecule has 0 amide bonds. The van der Waals surface area contributed by atoms with E-state index in [1.54, 1.807) is 6.92 Å². The van der Waals surface area contributed by atoms with Crippen molar-refractivity contribution in [3.05, 3.63) is 0 Å². The maximum atomic E-state index is 11.1. The second-order valence-corrected chi connectivity index (χ2v) is 4.30. The lowest BCUT2D eigenvalue weighted by Crippen LogP contribution is -2.50. The number of aliphatic carboxylic acids is 1. The van der Waals surface area contributed by atoms with Gasteiger partial charge in [0, 0.05) is 0 Å². The lowest BCUT2D eigenvalue weighted by Gasteiger charge is -2.28. The van der Waals surface area contributed by atoms with Crippen LogP contribution in [0.3, 0.4) is 0 Å². The van der Waals surface area contributed by atoms with Crippen molar-refractivity contribution < 1.29 is 9.90 Å². The van der Waals surface area contributed by atoms with E-state index >= 15 is 0 Å². The van der Waals surface area contributed by atoms with E-state index in [2.05, 4.69) is 5.32 Å². The molecule has 0 radical (unpaired) electrons. The third-order valence-electron chi connectivity index (χ3n) is 2.18. The molecule has 0 aromatic rings. The summed E-state index contributed by atoms with van der Waals surface area (Å²) in [6.07, 6.45) is 1.44. The molecule has 14 heavy (non-hydrogen) atoms. The van der Waals surface area contributed by atoms with E-state index in [1.165, 1.54) is 0 Å². The summed E-state index contributed by atoms with van der Waals surface area (Å²) in [7, 11) is 0. The number of nitrogens with one attached hydrogen (secondary N) is 1. The van der Waals surface area contributed by atoms with E-state index in [-0.39, 0.29) is 0 Å². The van der Waals surface area contributed by atoms with Gasteiger partial charge in [0.15, 0.2) is 0 Å². The molecular formula is C10H22N2O2. The van der Waals surface area contributed by atoms with Crippen LogP contribution in [0.4, 0.5) is 0 Å². The lowest BCUT2D eigenvalue weighted by atomic mass is 9.90. The third kappa shape index (κ3) is 4.58. The standard InChI is InChI=1S/C10H22N2O2/c1-8(2)7-10(3,9(13)14)12-6-4-5-11/h8,12H,4-7,11H2,1-3H3,(H,13,14). The fourth-order valence-corrected chi connectivity index (χ4v) is 1.52. The van der Waals surface area contributed by atoms with Crippen molar-refractivity contribution in [3.63, 3.8) is 0 Å². The summed E-state index contributed by atoms with van der Waals surface area (Å²) in [6, 6.07) is 0. The predicted molar refractivity (Wildman–Crippen MR) is 57.2 cm³/mol. The van der Waals surface area contributed by atoms with Gasteiger partial charge in [-0.15, -0.1) is 0 Å². The maximum absolute atomic E-state index is 11.1. The first-order valence-corrected chi connectivity index (χ1v) is 5.11. The Labute approximate surface area is 85.9 Å². The van der Waals surface area contributed by atoms with Crippen LogP contribution in [0, 0.1) is 5.92 Å². The molecule has 0 bridgehead atoms. The van der Waals surface area contributed by atoms with Crippen molar-refractivity contribution in [2.45, 2.75) is 39.2 Å². The molecule has 4 heteroatoms. The molecule has 0 saturated heterocycles. The average Bonchev–Trinajstić information content (AvgIpc) is 2.03. The molecule has 0 saturated carbocycles. The maximum Gasteiger partial charge on any atom is 0.323 e. The fourth-order valence-electron chi connectivity index (χ4n) is 1.52. The van der Waals surface area contributed by atoms with Crippen LogP contribution in [-0.2, 0) is 4.79 Å². The minimum Gasteiger partial charge on any atom is -0.480 e. The molecule has 0 aromatic carbocycles. The van der Waals surface area contributed by atoms with Gasteiger partial charge >= 0.3 is 5.97 Å². The zero-order chi connectivity index (χ0) is 11.2. The van der Waals surface area contributed by atoms with Crippen molar-refractivity contribution in [3.8, 4) is 0 Å². The van der Waals surface area contributed by atoms with E-state index in [0.717, 1.165) is 6.42 Å². The number of hydrogen-bond acceptors (Lipinski definition) is 3. The minimum atomic E-state index is -0.816. The Morgan fingerprint density at radius 3 is 2.50 bits per heavy atom.